The van der Waals surface area contributed by atoms with E-state index in [-0.39, 0.29) is 12.0 Å². The standard InChI is InChI=1S/C11H19ClN2O2/c1-5-16-11(7(2)3)10(15)9-8(12)6-13-14(9)4/h6-7,10-11,15H,5H2,1-4H3. The molecule has 2 unspecified atom stereocenters. The number of hydrogen-bond donors (Lipinski definition) is 1. The summed E-state index contributed by atoms with van der Waals surface area (Å²) in [5.74, 6) is 0.209. The summed E-state index contributed by atoms with van der Waals surface area (Å²) in [6, 6.07) is 0. The highest BCUT2D eigenvalue weighted by Gasteiger charge is 2.28. The fourth-order valence-electron chi connectivity index (χ4n) is 1.75. The Morgan fingerprint density at radius 3 is 2.56 bits per heavy atom. The zero-order valence-corrected chi connectivity index (χ0v) is 10.9. The Balaban J connectivity index is 2.94. The van der Waals surface area contributed by atoms with E-state index in [0.717, 1.165) is 0 Å². The van der Waals surface area contributed by atoms with Crippen LogP contribution in [0.15, 0.2) is 6.20 Å². The van der Waals surface area contributed by atoms with Crippen molar-refractivity contribution in [2.45, 2.75) is 33.0 Å². The van der Waals surface area contributed by atoms with E-state index in [1.54, 1.807) is 11.7 Å². The second kappa shape index (κ2) is 5.66. The molecule has 4 nitrogen and oxygen atoms in total. The minimum absolute atomic E-state index is 0.209. The molecule has 92 valence electrons. The molecule has 1 heterocycles. The largest absolute Gasteiger partial charge is 0.384 e. The van der Waals surface area contributed by atoms with Gasteiger partial charge in [-0.15, -0.1) is 0 Å². The number of rotatable bonds is 5. The molecule has 1 aromatic heterocycles. The maximum absolute atomic E-state index is 10.3. The lowest BCUT2D eigenvalue weighted by Gasteiger charge is -2.26. The Morgan fingerprint density at radius 1 is 1.56 bits per heavy atom. The van der Waals surface area contributed by atoms with E-state index < -0.39 is 6.10 Å². The fraction of sp³-hybridized carbons (Fsp3) is 0.727. The van der Waals surface area contributed by atoms with Gasteiger partial charge in [0.15, 0.2) is 0 Å². The Hall–Kier alpha value is -0.580. The van der Waals surface area contributed by atoms with Crippen molar-refractivity contribution in [3.8, 4) is 0 Å². The van der Waals surface area contributed by atoms with E-state index in [9.17, 15) is 5.11 Å². The molecule has 0 saturated carbocycles. The van der Waals surface area contributed by atoms with E-state index in [1.807, 2.05) is 20.8 Å². The highest BCUT2D eigenvalue weighted by Crippen LogP contribution is 2.29. The van der Waals surface area contributed by atoms with Crippen LogP contribution in [0.3, 0.4) is 0 Å². The van der Waals surface area contributed by atoms with Crippen LogP contribution in [-0.4, -0.2) is 27.6 Å². The third-order valence-electron chi connectivity index (χ3n) is 2.55. The second-order valence-electron chi connectivity index (χ2n) is 4.11. The van der Waals surface area contributed by atoms with Crippen LogP contribution < -0.4 is 0 Å². The maximum atomic E-state index is 10.3. The van der Waals surface area contributed by atoms with Gasteiger partial charge in [-0.2, -0.15) is 5.10 Å². The first kappa shape index (κ1) is 13.5. The van der Waals surface area contributed by atoms with Crippen molar-refractivity contribution in [3.05, 3.63) is 16.9 Å². The smallest absolute Gasteiger partial charge is 0.123 e. The number of halogens is 1. The third-order valence-corrected chi connectivity index (χ3v) is 2.84. The molecule has 0 aromatic carbocycles. The first-order valence-electron chi connectivity index (χ1n) is 5.46. The van der Waals surface area contributed by atoms with Gasteiger partial charge in [0, 0.05) is 13.7 Å². The van der Waals surface area contributed by atoms with E-state index in [2.05, 4.69) is 5.10 Å². The van der Waals surface area contributed by atoms with E-state index in [0.29, 0.717) is 17.3 Å². The van der Waals surface area contributed by atoms with Crippen molar-refractivity contribution in [1.82, 2.24) is 9.78 Å². The van der Waals surface area contributed by atoms with Crippen LogP contribution in [0.1, 0.15) is 32.6 Å². The van der Waals surface area contributed by atoms with Crippen molar-refractivity contribution < 1.29 is 9.84 Å². The Bertz CT molecular complexity index is 319. The van der Waals surface area contributed by atoms with Crippen LogP contribution in [-0.2, 0) is 11.8 Å². The predicted molar refractivity (Wildman–Crippen MR) is 63.4 cm³/mol. The summed E-state index contributed by atoms with van der Waals surface area (Å²) >= 11 is 5.99. The lowest BCUT2D eigenvalue weighted by molar-refractivity contribution is -0.0614. The van der Waals surface area contributed by atoms with E-state index >= 15 is 0 Å². The van der Waals surface area contributed by atoms with Crippen molar-refractivity contribution in [3.63, 3.8) is 0 Å². The average Bonchev–Trinajstić information content (AvgIpc) is 2.54. The zero-order valence-electron chi connectivity index (χ0n) is 10.1. The van der Waals surface area contributed by atoms with Gasteiger partial charge in [-0.05, 0) is 12.8 Å². The topological polar surface area (TPSA) is 47.3 Å². The SMILES string of the molecule is CCOC(C(C)C)C(O)c1c(Cl)cnn1C. The number of hydrogen-bond acceptors (Lipinski definition) is 3. The summed E-state index contributed by atoms with van der Waals surface area (Å²) in [4.78, 5) is 0. The van der Waals surface area contributed by atoms with Crippen molar-refractivity contribution in [1.29, 1.82) is 0 Å². The van der Waals surface area contributed by atoms with E-state index in [4.69, 9.17) is 16.3 Å². The van der Waals surface area contributed by atoms with Gasteiger partial charge in [0.25, 0.3) is 0 Å². The van der Waals surface area contributed by atoms with Crippen LogP contribution in [0.2, 0.25) is 5.02 Å². The molecule has 2 atom stereocenters. The van der Waals surface area contributed by atoms with Gasteiger partial charge >= 0.3 is 0 Å². The molecular formula is C11H19ClN2O2. The highest BCUT2D eigenvalue weighted by molar-refractivity contribution is 6.31. The lowest BCUT2D eigenvalue weighted by atomic mass is 9.99. The number of aliphatic hydroxyl groups is 1. The minimum Gasteiger partial charge on any atom is -0.384 e. The molecule has 0 amide bonds. The van der Waals surface area contributed by atoms with Gasteiger partial charge in [-0.25, -0.2) is 0 Å². The molecule has 1 rings (SSSR count). The molecule has 0 aliphatic rings. The predicted octanol–water partition coefficient (Wildman–Crippen LogP) is 2.17. The quantitative estimate of drug-likeness (QED) is 0.866. The first-order valence-corrected chi connectivity index (χ1v) is 5.83. The van der Waals surface area contributed by atoms with Gasteiger partial charge < -0.3 is 9.84 Å². The number of aromatic nitrogens is 2. The number of aliphatic hydroxyl groups excluding tert-OH is 1. The highest BCUT2D eigenvalue weighted by atomic mass is 35.5. The zero-order chi connectivity index (χ0) is 12.3. The summed E-state index contributed by atoms with van der Waals surface area (Å²) in [5.41, 5.74) is 0.605. The summed E-state index contributed by atoms with van der Waals surface area (Å²) in [6.07, 6.45) is 0.515. The van der Waals surface area contributed by atoms with Gasteiger partial charge in [0.05, 0.1) is 23.0 Å². The minimum atomic E-state index is -0.750. The van der Waals surface area contributed by atoms with Crippen LogP contribution in [0, 0.1) is 5.92 Å². The second-order valence-corrected chi connectivity index (χ2v) is 4.52. The summed E-state index contributed by atoms with van der Waals surface area (Å²) in [6.45, 7) is 6.49. The molecule has 16 heavy (non-hydrogen) atoms. The van der Waals surface area contributed by atoms with Gasteiger partial charge in [0.2, 0.25) is 0 Å². The normalized spacial score (nSPS) is 15.4. The molecular weight excluding hydrogens is 228 g/mol. The molecule has 5 heteroatoms. The molecule has 0 aliphatic carbocycles. The van der Waals surface area contributed by atoms with Crippen molar-refractivity contribution in [2.24, 2.45) is 13.0 Å². The first-order chi connectivity index (χ1) is 7.49. The molecule has 0 radical (unpaired) electrons. The van der Waals surface area contributed by atoms with E-state index in [1.165, 1.54) is 6.20 Å². The lowest BCUT2D eigenvalue weighted by Crippen LogP contribution is -2.29. The molecule has 0 saturated heterocycles. The Kier molecular flexibility index (Phi) is 4.77. The van der Waals surface area contributed by atoms with Crippen LogP contribution in [0.25, 0.3) is 0 Å². The molecule has 0 bridgehead atoms. The van der Waals surface area contributed by atoms with Gasteiger partial charge in [0.1, 0.15) is 6.10 Å². The summed E-state index contributed by atoms with van der Waals surface area (Å²) < 4.78 is 7.13. The number of ether oxygens (including phenoxy) is 1. The summed E-state index contributed by atoms with van der Waals surface area (Å²) in [7, 11) is 1.76. The van der Waals surface area contributed by atoms with Crippen LogP contribution >= 0.6 is 11.6 Å². The third kappa shape index (κ3) is 2.75. The summed E-state index contributed by atoms with van der Waals surface area (Å²) in [5, 5.41) is 14.7. The Labute approximate surface area is 101 Å². The molecule has 0 spiro atoms. The monoisotopic (exact) mass is 246 g/mol. The van der Waals surface area contributed by atoms with Crippen molar-refractivity contribution in [2.75, 3.05) is 6.61 Å². The Morgan fingerprint density at radius 2 is 2.19 bits per heavy atom. The van der Waals surface area contributed by atoms with Crippen molar-refractivity contribution >= 4 is 11.6 Å². The van der Waals surface area contributed by atoms with Crippen LogP contribution in [0.5, 0.6) is 0 Å². The molecule has 0 fully saturated rings. The number of aryl methyl sites for hydroxylation is 1. The van der Waals surface area contributed by atoms with Gasteiger partial charge in [-0.3, -0.25) is 4.68 Å². The fourth-order valence-corrected chi connectivity index (χ4v) is 2.03. The molecule has 1 N–H and O–H groups in total. The maximum Gasteiger partial charge on any atom is 0.123 e. The average molecular weight is 247 g/mol. The number of nitrogens with zero attached hydrogens (tertiary/aromatic N) is 2. The van der Waals surface area contributed by atoms with Gasteiger partial charge in [-0.1, -0.05) is 25.4 Å². The van der Waals surface area contributed by atoms with Crippen LogP contribution in [0.4, 0.5) is 0 Å². The molecule has 1 aromatic rings. The molecule has 0 aliphatic heterocycles.